The van der Waals surface area contributed by atoms with Gasteiger partial charge in [-0.05, 0) is 46.0 Å². The third-order valence-electron chi connectivity index (χ3n) is 3.71. The predicted octanol–water partition coefficient (Wildman–Crippen LogP) is 2.63. The van der Waals surface area contributed by atoms with Crippen LogP contribution >= 0.6 is 0 Å². The van der Waals surface area contributed by atoms with Crippen LogP contribution in [-0.2, 0) is 11.3 Å². The van der Waals surface area contributed by atoms with Crippen molar-refractivity contribution in [3.05, 3.63) is 35.4 Å². The predicted molar refractivity (Wildman–Crippen MR) is 92.4 cm³/mol. The van der Waals surface area contributed by atoms with Crippen LogP contribution in [0.5, 0.6) is 0 Å². The molecule has 1 saturated heterocycles. The molecule has 5 nitrogen and oxygen atoms in total. The molecule has 1 N–H and O–H groups in total. The molecule has 1 atom stereocenters. The highest BCUT2D eigenvalue weighted by molar-refractivity contribution is 5.69. The van der Waals surface area contributed by atoms with Crippen LogP contribution in [-0.4, -0.2) is 55.2 Å². The number of hydrogen-bond donors (Lipinski definition) is 1. The Morgan fingerprint density at radius 1 is 1.39 bits per heavy atom. The zero-order valence-corrected chi connectivity index (χ0v) is 14.9. The Morgan fingerprint density at radius 2 is 2.13 bits per heavy atom. The van der Waals surface area contributed by atoms with Crippen LogP contribution in [0.2, 0.25) is 0 Å². The second-order valence-corrected chi connectivity index (χ2v) is 7.38. The summed E-state index contributed by atoms with van der Waals surface area (Å²) in [7, 11) is 4.11. The molecule has 1 heterocycles. The van der Waals surface area contributed by atoms with E-state index < -0.39 is 5.60 Å². The number of piperazine rings is 1. The first-order valence-electron chi connectivity index (χ1n) is 8.20. The number of nitrogens with zero attached hydrogens (tertiary/aromatic N) is 2. The summed E-state index contributed by atoms with van der Waals surface area (Å²) in [5, 5.41) is 3.38. The average Bonchev–Trinajstić information content (AvgIpc) is 2.45. The molecule has 1 aliphatic rings. The quantitative estimate of drug-likeness (QED) is 0.930. The third kappa shape index (κ3) is 5.22. The van der Waals surface area contributed by atoms with Crippen LogP contribution in [0.15, 0.2) is 24.3 Å². The van der Waals surface area contributed by atoms with E-state index in [1.807, 2.05) is 25.7 Å². The Morgan fingerprint density at radius 3 is 2.78 bits per heavy atom. The van der Waals surface area contributed by atoms with Crippen molar-refractivity contribution >= 4 is 6.09 Å². The molecule has 0 saturated carbocycles. The summed E-state index contributed by atoms with van der Waals surface area (Å²) in [4.78, 5) is 16.5. The van der Waals surface area contributed by atoms with Gasteiger partial charge in [-0.25, -0.2) is 4.79 Å². The minimum atomic E-state index is -0.473. The van der Waals surface area contributed by atoms with E-state index in [0.717, 1.165) is 25.2 Å². The maximum atomic E-state index is 12.5. The summed E-state index contributed by atoms with van der Waals surface area (Å²) in [5.74, 6) is 0. The van der Waals surface area contributed by atoms with Gasteiger partial charge in [0.25, 0.3) is 0 Å². The first-order chi connectivity index (χ1) is 10.8. The molecule has 128 valence electrons. The molecule has 1 unspecified atom stereocenters. The van der Waals surface area contributed by atoms with Gasteiger partial charge in [-0.2, -0.15) is 0 Å². The topological polar surface area (TPSA) is 44.8 Å². The maximum absolute atomic E-state index is 12.5. The van der Waals surface area contributed by atoms with Crippen LogP contribution in [0.4, 0.5) is 4.79 Å². The smallest absolute Gasteiger partial charge is 0.410 e. The van der Waals surface area contributed by atoms with Crippen LogP contribution in [0.1, 0.15) is 37.9 Å². The molecule has 1 amide bonds. The van der Waals surface area contributed by atoms with E-state index in [1.165, 1.54) is 5.56 Å². The fourth-order valence-corrected chi connectivity index (χ4v) is 2.81. The Bertz CT molecular complexity index is 537. The number of carbonyl (C=O) groups excluding carboxylic acids is 1. The lowest BCUT2D eigenvalue weighted by Crippen LogP contribution is -2.50. The lowest BCUT2D eigenvalue weighted by Gasteiger charge is -2.37. The number of amides is 1. The van der Waals surface area contributed by atoms with Gasteiger partial charge in [0.2, 0.25) is 0 Å². The molecule has 0 aromatic heterocycles. The highest BCUT2D eigenvalue weighted by Gasteiger charge is 2.31. The van der Waals surface area contributed by atoms with Crippen LogP contribution in [0.25, 0.3) is 0 Å². The largest absolute Gasteiger partial charge is 0.444 e. The molecule has 0 aliphatic carbocycles. The minimum Gasteiger partial charge on any atom is -0.444 e. The Balaban J connectivity index is 2.19. The van der Waals surface area contributed by atoms with E-state index in [-0.39, 0.29) is 12.1 Å². The zero-order valence-electron chi connectivity index (χ0n) is 14.9. The second kappa shape index (κ2) is 7.32. The van der Waals surface area contributed by atoms with Crippen molar-refractivity contribution in [3.8, 4) is 0 Å². The van der Waals surface area contributed by atoms with Gasteiger partial charge in [-0.1, -0.05) is 24.3 Å². The normalized spacial score (nSPS) is 19.0. The summed E-state index contributed by atoms with van der Waals surface area (Å²) >= 11 is 0. The van der Waals surface area contributed by atoms with Crippen molar-refractivity contribution in [3.63, 3.8) is 0 Å². The van der Waals surface area contributed by atoms with Crippen molar-refractivity contribution < 1.29 is 9.53 Å². The molecule has 1 aromatic carbocycles. The summed E-state index contributed by atoms with van der Waals surface area (Å²) < 4.78 is 5.57. The van der Waals surface area contributed by atoms with Crippen molar-refractivity contribution in [1.29, 1.82) is 0 Å². The molecule has 2 rings (SSSR count). The van der Waals surface area contributed by atoms with Gasteiger partial charge in [-0.3, -0.25) is 4.90 Å². The minimum absolute atomic E-state index is 0.0145. The molecule has 1 fully saturated rings. The molecule has 1 aromatic rings. The third-order valence-corrected chi connectivity index (χ3v) is 3.71. The summed E-state index contributed by atoms with van der Waals surface area (Å²) in [6.45, 7) is 8.81. The fourth-order valence-electron chi connectivity index (χ4n) is 2.81. The van der Waals surface area contributed by atoms with Crippen molar-refractivity contribution in [1.82, 2.24) is 15.1 Å². The summed E-state index contributed by atoms with van der Waals surface area (Å²) in [6.07, 6.45) is -0.234. The van der Waals surface area contributed by atoms with Crippen molar-refractivity contribution in [2.45, 2.75) is 39.0 Å². The van der Waals surface area contributed by atoms with E-state index in [0.29, 0.717) is 6.54 Å². The van der Waals surface area contributed by atoms with E-state index in [4.69, 9.17) is 4.74 Å². The van der Waals surface area contributed by atoms with Crippen molar-refractivity contribution in [2.24, 2.45) is 0 Å². The standard InChI is InChI=1S/C18H29N3O2/c1-18(2,3)23-17(22)21-10-9-19-12-16(21)15-8-6-7-14(11-15)13-20(4)5/h6-8,11,16,19H,9-10,12-13H2,1-5H3. The molecule has 0 spiro atoms. The van der Waals surface area contributed by atoms with Gasteiger partial charge in [0.1, 0.15) is 5.60 Å². The first kappa shape index (κ1) is 17.8. The van der Waals surface area contributed by atoms with E-state index in [1.54, 1.807) is 0 Å². The number of benzene rings is 1. The van der Waals surface area contributed by atoms with Gasteiger partial charge < -0.3 is 15.0 Å². The highest BCUT2D eigenvalue weighted by atomic mass is 16.6. The first-order valence-corrected chi connectivity index (χ1v) is 8.20. The van der Waals surface area contributed by atoms with Gasteiger partial charge in [0.15, 0.2) is 0 Å². The Kier molecular flexibility index (Phi) is 5.65. The molecule has 0 radical (unpaired) electrons. The van der Waals surface area contributed by atoms with Gasteiger partial charge in [0.05, 0.1) is 6.04 Å². The van der Waals surface area contributed by atoms with Crippen LogP contribution < -0.4 is 5.32 Å². The molecule has 5 heteroatoms. The monoisotopic (exact) mass is 319 g/mol. The number of ether oxygens (including phenoxy) is 1. The number of hydrogen-bond acceptors (Lipinski definition) is 4. The number of rotatable bonds is 3. The van der Waals surface area contributed by atoms with E-state index in [2.05, 4.69) is 48.6 Å². The summed E-state index contributed by atoms with van der Waals surface area (Å²) in [5.41, 5.74) is 1.93. The highest BCUT2D eigenvalue weighted by Crippen LogP contribution is 2.25. The van der Waals surface area contributed by atoms with Crippen LogP contribution in [0.3, 0.4) is 0 Å². The maximum Gasteiger partial charge on any atom is 0.410 e. The molecule has 23 heavy (non-hydrogen) atoms. The van der Waals surface area contributed by atoms with Gasteiger partial charge >= 0.3 is 6.09 Å². The van der Waals surface area contributed by atoms with Gasteiger partial charge in [0, 0.05) is 26.2 Å². The molecule has 0 bridgehead atoms. The molecule has 1 aliphatic heterocycles. The average molecular weight is 319 g/mol. The number of carbonyl (C=O) groups is 1. The molecular formula is C18H29N3O2. The van der Waals surface area contributed by atoms with Crippen molar-refractivity contribution in [2.75, 3.05) is 33.7 Å². The molecular weight excluding hydrogens is 290 g/mol. The fraction of sp³-hybridized carbons (Fsp3) is 0.611. The van der Waals surface area contributed by atoms with E-state index >= 15 is 0 Å². The Labute approximate surface area is 139 Å². The lowest BCUT2D eigenvalue weighted by atomic mass is 10.0. The van der Waals surface area contributed by atoms with Crippen LogP contribution in [0, 0.1) is 0 Å². The lowest BCUT2D eigenvalue weighted by molar-refractivity contribution is 0.0118. The SMILES string of the molecule is CN(C)Cc1cccc(C2CNCCN2C(=O)OC(C)(C)C)c1. The Hall–Kier alpha value is -1.59. The van der Waals surface area contributed by atoms with Gasteiger partial charge in [-0.15, -0.1) is 0 Å². The second-order valence-electron chi connectivity index (χ2n) is 7.38. The van der Waals surface area contributed by atoms with E-state index in [9.17, 15) is 4.79 Å². The number of nitrogens with one attached hydrogen (secondary N) is 1. The summed E-state index contributed by atoms with van der Waals surface area (Å²) in [6, 6.07) is 8.48. The zero-order chi connectivity index (χ0) is 17.0.